The highest BCUT2D eigenvalue weighted by Crippen LogP contribution is 2.29. The average Bonchev–Trinajstić information content (AvgIpc) is 2.72. The molecule has 8 nitrogen and oxygen atoms in total. The summed E-state index contributed by atoms with van der Waals surface area (Å²) in [4.78, 5) is 42.4. The molecule has 158 valence electrons. The highest BCUT2D eigenvalue weighted by Gasteiger charge is 2.18. The first-order chi connectivity index (χ1) is 14.2. The lowest BCUT2D eigenvalue weighted by Crippen LogP contribution is -2.37. The lowest BCUT2D eigenvalue weighted by Gasteiger charge is -2.14. The monoisotopic (exact) mass is 448 g/mol. The molecule has 0 spiro atoms. The van der Waals surface area contributed by atoms with Gasteiger partial charge in [0.1, 0.15) is 5.65 Å². The quantitative estimate of drug-likeness (QED) is 0.582. The zero-order chi connectivity index (χ0) is 22.0. The molecule has 0 aliphatic carbocycles. The van der Waals surface area contributed by atoms with Gasteiger partial charge in [0.15, 0.2) is 0 Å². The first-order valence-electron chi connectivity index (χ1n) is 9.00. The number of methoxy groups -OCH3 is 1. The predicted molar refractivity (Wildman–Crippen MR) is 118 cm³/mol. The molecule has 30 heavy (non-hydrogen) atoms. The smallest absolute Gasteiger partial charge is 0.332 e. The fourth-order valence-corrected chi connectivity index (χ4v) is 4.12. The molecule has 2 aromatic heterocycles. The Bertz CT molecular complexity index is 1250. The highest BCUT2D eigenvalue weighted by molar-refractivity contribution is 8.00. The van der Waals surface area contributed by atoms with E-state index in [4.69, 9.17) is 16.3 Å². The zero-order valence-corrected chi connectivity index (χ0v) is 18.6. The molecule has 3 aromatic rings. The molecule has 0 bridgehead atoms. The standard InChI is InChI=1S/C20H21ClN4O4S/c1-11-5-6-13(7-14(11)21)23-15(26)10-30-17-12(9-29-4)8-22-18-16(17)19(27)25(3)20(28)24(18)2/h5-8H,9-10H2,1-4H3,(H,23,26). The van der Waals surface area contributed by atoms with E-state index >= 15 is 0 Å². The van der Waals surface area contributed by atoms with Crippen LogP contribution in [0.15, 0.2) is 38.9 Å². The van der Waals surface area contributed by atoms with E-state index in [0.717, 1.165) is 10.1 Å². The summed E-state index contributed by atoms with van der Waals surface area (Å²) < 4.78 is 7.56. The SMILES string of the molecule is COCc1cnc2c(c1SCC(=O)Nc1ccc(C)c(Cl)c1)c(=O)n(C)c(=O)n2C. The summed E-state index contributed by atoms with van der Waals surface area (Å²) >= 11 is 7.30. The summed E-state index contributed by atoms with van der Waals surface area (Å²) in [6, 6.07) is 5.28. The van der Waals surface area contributed by atoms with Crippen molar-refractivity contribution in [1.29, 1.82) is 0 Å². The van der Waals surface area contributed by atoms with Crippen LogP contribution in [-0.2, 0) is 30.2 Å². The second kappa shape index (κ2) is 9.03. The Morgan fingerprint density at radius 1 is 1.27 bits per heavy atom. The predicted octanol–water partition coefficient (Wildman–Crippen LogP) is 2.47. The summed E-state index contributed by atoms with van der Waals surface area (Å²) in [5.74, 6) is -0.206. The Morgan fingerprint density at radius 2 is 2.00 bits per heavy atom. The normalized spacial score (nSPS) is 11.1. The summed E-state index contributed by atoms with van der Waals surface area (Å²) in [6.45, 7) is 2.09. The van der Waals surface area contributed by atoms with Crippen molar-refractivity contribution in [3.05, 3.63) is 61.4 Å². The number of pyridine rings is 1. The molecule has 0 radical (unpaired) electrons. The number of aromatic nitrogens is 3. The van der Waals surface area contributed by atoms with Crippen molar-refractivity contribution in [2.24, 2.45) is 14.1 Å². The minimum atomic E-state index is -0.468. The molecule has 0 saturated carbocycles. The third kappa shape index (κ3) is 4.28. The Labute approximate surface area is 181 Å². The van der Waals surface area contributed by atoms with Crippen LogP contribution in [0.5, 0.6) is 0 Å². The number of hydrogen-bond acceptors (Lipinski definition) is 6. The number of carbonyl (C=O) groups is 1. The van der Waals surface area contributed by atoms with E-state index in [1.54, 1.807) is 25.4 Å². The van der Waals surface area contributed by atoms with Crippen molar-refractivity contribution in [2.45, 2.75) is 18.4 Å². The molecule has 1 N–H and O–H groups in total. The van der Waals surface area contributed by atoms with Crippen LogP contribution in [-0.4, -0.2) is 32.9 Å². The summed E-state index contributed by atoms with van der Waals surface area (Å²) in [6.07, 6.45) is 1.56. The molecule has 0 unspecified atom stereocenters. The highest BCUT2D eigenvalue weighted by atomic mass is 35.5. The van der Waals surface area contributed by atoms with Gasteiger partial charge in [0.25, 0.3) is 5.56 Å². The Kier molecular flexibility index (Phi) is 6.64. The van der Waals surface area contributed by atoms with Crippen LogP contribution < -0.4 is 16.6 Å². The fourth-order valence-electron chi connectivity index (χ4n) is 2.97. The van der Waals surface area contributed by atoms with Crippen LogP contribution in [0.3, 0.4) is 0 Å². The van der Waals surface area contributed by atoms with Crippen molar-refractivity contribution in [1.82, 2.24) is 14.1 Å². The molecular formula is C20H21ClN4O4S. The van der Waals surface area contributed by atoms with Gasteiger partial charge in [0, 0.05) is 48.6 Å². The minimum Gasteiger partial charge on any atom is -0.380 e. The van der Waals surface area contributed by atoms with Crippen molar-refractivity contribution < 1.29 is 9.53 Å². The maximum Gasteiger partial charge on any atom is 0.332 e. The van der Waals surface area contributed by atoms with Crippen LogP contribution in [0.25, 0.3) is 11.0 Å². The van der Waals surface area contributed by atoms with Crippen LogP contribution >= 0.6 is 23.4 Å². The van der Waals surface area contributed by atoms with Crippen LogP contribution in [0, 0.1) is 6.92 Å². The molecule has 0 aliphatic heterocycles. The number of thioether (sulfide) groups is 1. The fraction of sp³-hybridized carbons (Fsp3) is 0.300. The van der Waals surface area contributed by atoms with E-state index in [1.165, 1.54) is 30.5 Å². The molecule has 0 atom stereocenters. The number of hydrogen-bond donors (Lipinski definition) is 1. The number of nitrogens with one attached hydrogen (secondary N) is 1. The molecule has 0 saturated heterocycles. The van der Waals surface area contributed by atoms with E-state index in [2.05, 4.69) is 10.3 Å². The van der Waals surface area contributed by atoms with Gasteiger partial charge in [-0.3, -0.25) is 18.7 Å². The van der Waals surface area contributed by atoms with Gasteiger partial charge < -0.3 is 10.1 Å². The molecule has 1 aromatic carbocycles. The third-order valence-electron chi connectivity index (χ3n) is 4.60. The number of nitrogens with zero attached hydrogens (tertiary/aromatic N) is 3. The molecule has 2 heterocycles. The Balaban J connectivity index is 1.96. The lowest BCUT2D eigenvalue weighted by molar-refractivity contribution is -0.113. The topological polar surface area (TPSA) is 95.2 Å². The van der Waals surface area contributed by atoms with Gasteiger partial charge in [-0.1, -0.05) is 17.7 Å². The van der Waals surface area contributed by atoms with Crippen molar-refractivity contribution in [2.75, 3.05) is 18.2 Å². The molecule has 0 aliphatic rings. The van der Waals surface area contributed by atoms with Crippen molar-refractivity contribution >= 4 is 46.0 Å². The van der Waals surface area contributed by atoms with E-state index in [9.17, 15) is 14.4 Å². The molecule has 3 rings (SSSR count). The zero-order valence-electron chi connectivity index (χ0n) is 17.0. The van der Waals surface area contributed by atoms with Gasteiger partial charge >= 0.3 is 5.69 Å². The lowest BCUT2D eigenvalue weighted by atomic mass is 10.2. The number of anilines is 1. The minimum absolute atomic E-state index is 0.0489. The number of fused-ring (bicyclic) bond motifs is 1. The van der Waals surface area contributed by atoms with E-state index in [-0.39, 0.29) is 29.3 Å². The second-order valence-corrected chi connectivity index (χ2v) is 8.14. The maximum atomic E-state index is 12.8. The Hall–Kier alpha value is -2.62. The third-order valence-corrected chi connectivity index (χ3v) is 6.17. The molecule has 10 heteroatoms. The molecule has 1 amide bonds. The number of aryl methyl sites for hydroxylation is 2. The van der Waals surface area contributed by atoms with Crippen molar-refractivity contribution in [3.63, 3.8) is 0 Å². The van der Waals surface area contributed by atoms with Crippen molar-refractivity contribution in [3.8, 4) is 0 Å². The number of ether oxygens (including phenoxy) is 1. The summed E-state index contributed by atoms with van der Waals surface area (Å²) in [5, 5.41) is 3.64. The van der Waals surface area contributed by atoms with E-state index in [0.29, 0.717) is 21.2 Å². The number of halogens is 1. The van der Waals surface area contributed by atoms with E-state index in [1.807, 2.05) is 13.0 Å². The van der Waals surface area contributed by atoms with Gasteiger partial charge in [0.2, 0.25) is 5.91 Å². The number of benzene rings is 1. The van der Waals surface area contributed by atoms with E-state index < -0.39 is 11.2 Å². The largest absolute Gasteiger partial charge is 0.380 e. The van der Waals surface area contributed by atoms with Gasteiger partial charge in [-0.15, -0.1) is 11.8 Å². The number of amides is 1. The first kappa shape index (κ1) is 22.1. The van der Waals surface area contributed by atoms with Crippen LogP contribution in [0.2, 0.25) is 5.02 Å². The Morgan fingerprint density at radius 3 is 2.67 bits per heavy atom. The van der Waals surface area contributed by atoms with Gasteiger partial charge in [0.05, 0.1) is 17.7 Å². The van der Waals surface area contributed by atoms with Crippen LogP contribution in [0.1, 0.15) is 11.1 Å². The second-order valence-electron chi connectivity index (χ2n) is 6.75. The first-order valence-corrected chi connectivity index (χ1v) is 10.4. The summed E-state index contributed by atoms with van der Waals surface area (Å²) in [5.41, 5.74) is 1.49. The number of carbonyl (C=O) groups excluding carboxylic acids is 1. The van der Waals surface area contributed by atoms with Crippen LogP contribution in [0.4, 0.5) is 5.69 Å². The van der Waals surface area contributed by atoms with Gasteiger partial charge in [-0.2, -0.15) is 0 Å². The van der Waals surface area contributed by atoms with Gasteiger partial charge in [-0.25, -0.2) is 9.78 Å². The van der Waals surface area contributed by atoms with Gasteiger partial charge in [-0.05, 0) is 24.6 Å². The molecular weight excluding hydrogens is 428 g/mol. The summed E-state index contributed by atoms with van der Waals surface area (Å²) in [7, 11) is 4.50. The molecule has 0 fully saturated rings. The number of rotatable bonds is 6. The maximum absolute atomic E-state index is 12.8. The average molecular weight is 449 g/mol.